The predicted octanol–water partition coefficient (Wildman–Crippen LogP) is 4.81. The van der Waals surface area contributed by atoms with Crippen LogP contribution in [-0.2, 0) is 26.2 Å². The quantitative estimate of drug-likeness (QED) is 0.392. The molecule has 0 aromatic heterocycles. The first-order valence-electron chi connectivity index (χ1n) is 13.1. The van der Waals surface area contributed by atoms with Gasteiger partial charge in [-0.05, 0) is 56.5 Å². The van der Waals surface area contributed by atoms with E-state index in [1.165, 1.54) is 35.2 Å². The van der Waals surface area contributed by atoms with E-state index in [9.17, 15) is 22.4 Å². The molecule has 1 N–H and O–H groups in total. The minimum atomic E-state index is -4.30. The molecular weight excluding hydrogens is 517 g/mol. The van der Waals surface area contributed by atoms with Crippen molar-refractivity contribution in [1.29, 1.82) is 0 Å². The average molecular weight is 552 g/mol. The maximum absolute atomic E-state index is 14.9. The van der Waals surface area contributed by atoms with Crippen molar-refractivity contribution in [3.8, 4) is 0 Å². The summed E-state index contributed by atoms with van der Waals surface area (Å²) in [6.07, 6.45) is 3.86. The third-order valence-corrected chi connectivity index (χ3v) is 8.81. The molecule has 0 spiro atoms. The second kappa shape index (κ2) is 12.4. The Bertz CT molecular complexity index is 1410. The zero-order valence-electron chi connectivity index (χ0n) is 22.2. The van der Waals surface area contributed by atoms with Gasteiger partial charge in [0.25, 0.3) is 10.0 Å². The Balaban J connectivity index is 1.69. The van der Waals surface area contributed by atoms with E-state index < -0.39 is 34.3 Å². The number of halogens is 1. The number of hydrogen-bond acceptors (Lipinski definition) is 4. The van der Waals surface area contributed by atoms with Crippen molar-refractivity contribution in [2.75, 3.05) is 10.8 Å². The Hall–Kier alpha value is -3.72. The van der Waals surface area contributed by atoms with Gasteiger partial charge < -0.3 is 10.2 Å². The van der Waals surface area contributed by atoms with Gasteiger partial charge in [-0.15, -0.1) is 0 Å². The van der Waals surface area contributed by atoms with Gasteiger partial charge in [0.05, 0.1) is 10.6 Å². The standard InChI is InChI=1S/C30H34FN3O4S/c1-22-11-10-12-24(19-22)20-33(23(2)30(36)32-25-13-6-7-14-25)29(35)21-34(28-18-9-8-17-27(28)31)39(37,38)26-15-4-3-5-16-26/h3-5,8-12,15-19,23,25H,6-7,13-14,20-21H2,1-2H3,(H,32,36). The number of hydrogen-bond donors (Lipinski definition) is 1. The minimum Gasteiger partial charge on any atom is -0.352 e. The summed E-state index contributed by atoms with van der Waals surface area (Å²) in [6.45, 7) is 2.98. The van der Waals surface area contributed by atoms with E-state index >= 15 is 0 Å². The van der Waals surface area contributed by atoms with Crippen LogP contribution >= 0.6 is 0 Å². The van der Waals surface area contributed by atoms with Crippen molar-refractivity contribution in [3.63, 3.8) is 0 Å². The summed E-state index contributed by atoms with van der Waals surface area (Å²) in [5, 5.41) is 3.04. The summed E-state index contributed by atoms with van der Waals surface area (Å²) in [5.74, 6) is -1.69. The number of anilines is 1. The average Bonchev–Trinajstić information content (AvgIpc) is 3.44. The van der Waals surface area contributed by atoms with Crippen molar-refractivity contribution in [2.45, 2.75) is 63.1 Å². The number of carbonyl (C=O) groups excluding carboxylic acids is 2. The molecule has 2 amide bonds. The van der Waals surface area contributed by atoms with Crippen LogP contribution in [0.5, 0.6) is 0 Å². The Morgan fingerprint density at radius 1 is 0.974 bits per heavy atom. The molecule has 0 heterocycles. The van der Waals surface area contributed by atoms with Crippen molar-refractivity contribution in [3.05, 3.63) is 95.8 Å². The molecule has 9 heteroatoms. The van der Waals surface area contributed by atoms with Crippen LogP contribution in [0.3, 0.4) is 0 Å². The lowest BCUT2D eigenvalue weighted by Gasteiger charge is -2.32. The molecule has 1 saturated carbocycles. The lowest BCUT2D eigenvalue weighted by Crippen LogP contribution is -2.52. The highest BCUT2D eigenvalue weighted by Gasteiger charge is 2.34. The van der Waals surface area contributed by atoms with E-state index in [1.807, 2.05) is 31.2 Å². The molecule has 206 valence electrons. The number of rotatable bonds is 10. The van der Waals surface area contributed by atoms with Crippen LogP contribution < -0.4 is 9.62 Å². The van der Waals surface area contributed by atoms with E-state index in [0.29, 0.717) is 0 Å². The highest BCUT2D eigenvalue weighted by atomic mass is 32.2. The van der Waals surface area contributed by atoms with Crippen LogP contribution in [0, 0.1) is 12.7 Å². The largest absolute Gasteiger partial charge is 0.352 e. The molecule has 0 radical (unpaired) electrons. The van der Waals surface area contributed by atoms with Crippen molar-refractivity contribution < 1.29 is 22.4 Å². The van der Waals surface area contributed by atoms with Gasteiger partial charge in [-0.2, -0.15) is 0 Å². The second-order valence-corrected chi connectivity index (χ2v) is 11.8. The van der Waals surface area contributed by atoms with Crippen LogP contribution in [-0.4, -0.2) is 43.8 Å². The van der Waals surface area contributed by atoms with Gasteiger partial charge in [-0.25, -0.2) is 12.8 Å². The monoisotopic (exact) mass is 551 g/mol. The van der Waals surface area contributed by atoms with Gasteiger partial charge in [0.2, 0.25) is 11.8 Å². The first-order chi connectivity index (χ1) is 18.7. The second-order valence-electron chi connectivity index (χ2n) is 9.95. The summed E-state index contributed by atoms with van der Waals surface area (Å²) in [5.41, 5.74) is 1.54. The van der Waals surface area contributed by atoms with E-state index in [2.05, 4.69) is 5.32 Å². The molecule has 7 nitrogen and oxygen atoms in total. The number of aryl methyl sites for hydroxylation is 1. The Kier molecular flexibility index (Phi) is 9.01. The van der Waals surface area contributed by atoms with Crippen molar-refractivity contribution in [1.82, 2.24) is 10.2 Å². The van der Waals surface area contributed by atoms with E-state index in [4.69, 9.17) is 0 Å². The molecule has 3 aromatic carbocycles. The zero-order chi connectivity index (χ0) is 28.0. The predicted molar refractivity (Wildman–Crippen MR) is 149 cm³/mol. The Labute approximate surface area is 229 Å². The van der Waals surface area contributed by atoms with E-state index in [-0.39, 0.29) is 29.1 Å². The summed E-state index contributed by atoms with van der Waals surface area (Å²) in [4.78, 5) is 28.4. The summed E-state index contributed by atoms with van der Waals surface area (Å²) >= 11 is 0. The summed E-state index contributed by atoms with van der Waals surface area (Å²) in [7, 11) is -4.30. The maximum atomic E-state index is 14.9. The molecule has 39 heavy (non-hydrogen) atoms. The van der Waals surface area contributed by atoms with Crippen molar-refractivity contribution in [2.24, 2.45) is 0 Å². The normalized spacial score (nSPS) is 14.5. The molecule has 3 aromatic rings. The van der Waals surface area contributed by atoms with Crippen molar-refractivity contribution >= 4 is 27.5 Å². The summed E-state index contributed by atoms with van der Waals surface area (Å²) < 4.78 is 43.1. The molecule has 1 aliphatic carbocycles. The molecule has 1 fully saturated rings. The van der Waals surface area contributed by atoms with Gasteiger partial charge in [0.15, 0.2) is 0 Å². The SMILES string of the molecule is Cc1cccc(CN(C(=O)CN(c2ccccc2F)S(=O)(=O)c2ccccc2)C(C)C(=O)NC2CCCC2)c1. The van der Waals surface area contributed by atoms with E-state index in [0.717, 1.165) is 47.2 Å². The third kappa shape index (κ3) is 6.84. The van der Waals surface area contributed by atoms with Gasteiger partial charge in [-0.3, -0.25) is 13.9 Å². The Morgan fingerprint density at radius 2 is 1.64 bits per heavy atom. The molecule has 0 saturated heterocycles. The number of nitrogens with one attached hydrogen (secondary N) is 1. The fourth-order valence-electron chi connectivity index (χ4n) is 4.87. The first-order valence-corrected chi connectivity index (χ1v) is 14.6. The molecular formula is C30H34FN3O4S. The van der Waals surface area contributed by atoms with Crippen LogP contribution in [0.1, 0.15) is 43.7 Å². The molecule has 0 aliphatic heterocycles. The fourth-order valence-corrected chi connectivity index (χ4v) is 6.31. The number of amides is 2. The first kappa shape index (κ1) is 28.3. The van der Waals surface area contributed by atoms with Gasteiger partial charge in [0.1, 0.15) is 18.4 Å². The van der Waals surface area contributed by atoms with Gasteiger partial charge in [-0.1, -0.05) is 73.0 Å². The molecule has 4 rings (SSSR count). The van der Waals surface area contributed by atoms with Crippen LogP contribution in [0.4, 0.5) is 10.1 Å². The van der Waals surface area contributed by atoms with Gasteiger partial charge in [0, 0.05) is 12.6 Å². The Morgan fingerprint density at radius 3 is 2.31 bits per heavy atom. The fraction of sp³-hybridized carbons (Fsp3) is 0.333. The molecule has 1 unspecified atom stereocenters. The number of benzene rings is 3. The minimum absolute atomic E-state index is 0.0595. The topological polar surface area (TPSA) is 86.8 Å². The molecule has 1 aliphatic rings. The third-order valence-electron chi connectivity index (χ3n) is 7.04. The molecule has 0 bridgehead atoms. The highest BCUT2D eigenvalue weighted by Crippen LogP contribution is 2.27. The highest BCUT2D eigenvalue weighted by molar-refractivity contribution is 7.92. The number of nitrogens with zero attached hydrogens (tertiary/aromatic N) is 2. The lowest BCUT2D eigenvalue weighted by atomic mass is 10.1. The van der Waals surface area contributed by atoms with Crippen LogP contribution in [0.2, 0.25) is 0 Å². The van der Waals surface area contributed by atoms with Crippen LogP contribution in [0.25, 0.3) is 0 Å². The molecule has 1 atom stereocenters. The number of carbonyl (C=O) groups is 2. The number of sulfonamides is 1. The zero-order valence-corrected chi connectivity index (χ0v) is 23.0. The smallest absolute Gasteiger partial charge is 0.264 e. The maximum Gasteiger partial charge on any atom is 0.264 e. The summed E-state index contributed by atoms with van der Waals surface area (Å²) in [6, 6.07) is 19.8. The van der Waals surface area contributed by atoms with Gasteiger partial charge >= 0.3 is 0 Å². The van der Waals surface area contributed by atoms with Crippen LogP contribution in [0.15, 0.2) is 83.8 Å². The van der Waals surface area contributed by atoms with E-state index in [1.54, 1.807) is 25.1 Å². The number of para-hydroxylation sites is 1. The lowest BCUT2D eigenvalue weighted by molar-refractivity contribution is -0.139.